The van der Waals surface area contributed by atoms with Gasteiger partial charge < -0.3 is 15.4 Å². The lowest BCUT2D eigenvalue weighted by molar-refractivity contribution is -0.120. The van der Waals surface area contributed by atoms with Crippen LogP contribution in [0.1, 0.15) is 22.3 Å². The molecule has 0 radical (unpaired) electrons. The van der Waals surface area contributed by atoms with Crippen molar-refractivity contribution in [2.45, 2.75) is 11.8 Å². The second-order valence-corrected chi connectivity index (χ2v) is 8.24. The highest BCUT2D eigenvalue weighted by molar-refractivity contribution is 6.14. The lowest BCUT2D eigenvalue weighted by atomic mass is 9.68. The maximum absolute atomic E-state index is 14.1. The SMILES string of the molecule is C=CCN1C(=O)C2(C(C#N)=C(N)Oc3c(C/C=C/c4ccccc4)cccc32)c2ccccc21. The summed E-state index contributed by atoms with van der Waals surface area (Å²) in [6.45, 7) is 4.13. The summed E-state index contributed by atoms with van der Waals surface area (Å²) in [4.78, 5) is 15.7. The summed E-state index contributed by atoms with van der Waals surface area (Å²) in [5.74, 6) is 0.257. The normalized spacial score (nSPS) is 18.6. The van der Waals surface area contributed by atoms with E-state index in [0.717, 1.165) is 22.4 Å². The van der Waals surface area contributed by atoms with Crippen molar-refractivity contribution in [3.63, 3.8) is 0 Å². The fraction of sp³-hybridized carbons (Fsp3) is 0.103. The standard InChI is InChI=1S/C29H23N3O2/c1-2-18-32-25-17-7-6-15-22(25)29(28(32)33)23-16-9-14-21(26(23)34-27(31)24(29)19-30)13-8-12-20-10-4-3-5-11-20/h2-12,14-17H,1,13,18,31H2/b12-8+. The van der Waals surface area contributed by atoms with Gasteiger partial charge in [-0.05, 0) is 23.6 Å². The van der Waals surface area contributed by atoms with E-state index in [1.54, 1.807) is 11.0 Å². The Hall–Kier alpha value is -4.56. The van der Waals surface area contributed by atoms with Gasteiger partial charge >= 0.3 is 0 Å². The summed E-state index contributed by atoms with van der Waals surface area (Å²) < 4.78 is 6.02. The number of nitrogens with zero attached hydrogens (tertiary/aromatic N) is 2. The quantitative estimate of drug-likeness (QED) is 0.570. The minimum atomic E-state index is -1.36. The van der Waals surface area contributed by atoms with E-state index >= 15 is 0 Å². The molecule has 0 aromatic heterocycles. The molecule has 0 fully saturated rings. The molecule has 1 atom stereocenters. The van der Waals surface area contributed by atoms with Crippen molar-refractivity contribution in [1.29, 1.82) is 5.26 Å². The van der Waals surface area contributed by atoms with E-state index in [4.69, 9.17) is 10.5 Å². The maximum atomic E-state index is 14.1. The predicted octanol–water partition coefficient (Wildman–Crippen LogP) is 4.85. The Bertz CT molecular complexity index is 1400. The number of nitriles is 1. The molecular weight excluding hydrogens is 422 g/mol. The molecule has 2 aliphatic heterocycles. The number of rotatable bonds is 5. The van der Waals surface area contributed by atoms with Gasteiger partial charge in [0.15, 0.2) is 0 Å². The van der Waals surface area contributed by atoms with Gasteiger partial charge in [-0.2, -0.15) is 5.26 Å². The van der Waals surface area contributed by atoms with Gasteiger partial charge in [-0.3, -0.25) is 4.79 Å². The highest BCUT2D eigenvalue weighted by Crippen LogP contribution is 2.55. The van der Waals surface area contributed by atoms with E-state index in [1.807, 2.05) is 78.9 Å². The van der Waals surface area contributed by atoms with Gasteiger partial charge in [-0.15, -0.1) is 6.58 Å². The molecule has 0 saturated carbocycles. The van der Waals surface area contributed by atoms with Crippen LogP contribution in [-0.2, 0) is 16.6 Å². The molecule has 34 heavy (non-hydrogen) atoms. The van der Waals surface area contributed by atoms with Crippen molar-refractivity contribution in [3.8, 4) is 11.8 Å². The van der Waals surface area contributed by atoms with E-state index in [-0.39, 0.29) is 17.4 Å². The lowest BCUT2D eigenvalue weighted by Crippen LogP contribution is -2.46. The van der Waals surface area contributed by atoms with Crippen LogP contribution in [0.2, 0.25) is 0 Å². The number of hydrogen-bond acceptors (Lipinski definition) is 4. The van der Waals surface area contributed by atoms with Gasteiger partial charge in [-0.25, -0.2) is 0 Å². The Labute approximate surface area is 198 Å². The molecular formula is C29H23N3O2. The van der Waals surface area contributed by atoms with Crippen molar-refractivity contribution >= 4 is 17.7 Å². The Morgan fingerprint density at radius 2 is 1.76 bits per heavy atom. The first-order valence-electron chi connectivity index (χ1n) is 11.1. The van der Waals surface area contributed by atoms with Crippen LogP contribution in [0.5, 0.6) is 5.75 Å². The van der Waals surface area contributed by atoms with Crippen LogP contribution in [0.15, 0.2) is 103 Å². The van der Waals surface area contributed by atoms with Crippen molar-refractivity contribution < 1.29 is 9.53 Å². The molecule has 3 aromatic carbocycles. The molecule has 0 bridgehead atoms. The van der Waals surface area contributed by atoms with Gasteiger partial charge in [0.25, 0.3) is 0 Å². The minimum absolute atomic E-state index is 0.0434. The van der Waals surface area contributed by atoms with Crippen molar-refractivity contribution in [3.05, 3.63) is 125 Å². The first kappa shape index (κ1) is 21.3. The van der Waals surface area contributed by atoms with Crippen LogP contribution in [0.4, 0.5) is 5.69 Å². The van der Waals surface area contributed by atoms with E-state index in [2.05, 4.69) is 18.7 Å². The third kappa shape index (κ3) is 3.04. The first-order valence-corrected chi connectivity index (χ1v) is 11.1. The topological polar surface area (TPSA) is 79.4 Å². The van der Waals surface area contributed by atoms with Gasteiger partial charge in [0.05, 0.1) is 0 Å². The van der Waals surface area contributed by atoms with Crippen LogP contribution >= 0.6 is 0 Å². The summed E-state index contributed by atoms with van der Waals surface area (Å²) in [5, 5.41) is 10.1. The molecule has 1 amide bonds. The number of ether oxygens (including phenoxy) is 1. The fourth-order valence-electron chi connectivity index (χ4n) is 4.93. The maximum Gasteiger partial charge on any atom is 0.248 e. The summed E-state index contributed by atoms with van der Waals surface area (Å²) >= 11 is 0. The van der Waals surface area contributed by atoms with E-state index in [0.29, 0.717) is 24.3 Å². The Morgan fingerprint density at radius 3 is 2.53 bits per heavy atom. The van der Waals surface area contributed by atoms with Crippen molar-refractivity contribution in [2.75, 3.05) is 11.4 Å². The second-order valence-electron chi connectivity index (χ2n) is 8.24. The second kappa shape index (κ2) is 8.42. The molecule has 166 valence electrons. The summed E-state index contributed by atoms with van der Waals surface area (Å²) in [6.07, 6.45) is 6.35. The van der Waals surface area contributed by atoms with E-state index < -0.39 is 5.41 Å². The number of anilines is 1. The monoisotopic (exact) mass is 445 g/mol. The summed E-state index contributed by atoms with van der Waals surface area (Å²) in [5.41, 5.74) is 9.15. The zero-order chi connectivity index (χ0) is 23.7. The van der Waals surface area contributed by atoms with E-state index in [1.165, 1.54) is 0 Å². The molecule has 2 heterocycles. The number of hydrogen-bond donors (Lipinski definition) is 1. The molecule has 2 N–H and O–H groups in total. The van der Waals surface area contributed by atoms with Crippen LogP contribution in [0.25, 0.3) is 6.08 Å². The number of carbonyl (C=O) groups excluding carboxylic acids is 1. The predicted molar refractivity (Wildman–Crippen MR) is 133 cm³/mol. The lowest BCUT2D eigenvalue weighted by Gasteiger charge is -2.35. The highest BCUT2D eigenvalue weighted by atomic mass is 16.5. The van der Waals surface area contributed by atoms with Crippen LogP contribution in [-0.4, -0.2) is 12.5 Å². The molecule has 1 spiro atoms. The molecule has 0 saturated heterocycles. The molecule has 3 aromatic rings. The van der Waals surface area contributed by atoms with Crippen molar-refractivity contribution in [2.24, 2.45) is 5.73 Å². The molecule has 2 aliphatic rings. The smallest absolute Gasteiger partial charge is 0.248 e. The third-order valence-corrected chi connectivity index (χ3v) is 6.37. The van der Waals surface area contributed by atoms with Crippen molar-refractivity contribution in [1.82, 2.24) is 0 Å². The van der Waals surface area contributed by atoms with E-state index in [9.17, 15) is 10.1 Å². The van der Waals surface area contributed by atoms with Gasteiger partial charge in [0.2, 0.25) is 11.8 Å². The molecule has 0 aliphatic carbocycles. The fourth-order valence-corrected chi connectivity index (χ4v) is 4.93. The molecule has 5 nitrogen and oxygen atoms in total. The number of para-hydroxylation sites is 2. The minimum Gasteiger partial charge on any atom is -0.440 e. The number of carbonyl (C=O) groups is 1. The average Bonchev–Trinajstić information content (AvgIpc) is 3.09. The van der Waals surface area contributed by atoms with Gasteiger partial charge in [0, 0.05) is 23.4 Å². The third-order valence-electron chi connectivity index (χ3n) is 6.37. The van der Waals surface area contributed by atoms with Gasteiger partial charge in [-0.1, -0.05) is 85.0 Å². The largest absolute Gasteiger partial charge is 0.440 e. The summed E-state index contributed by atoms with van der Waals surface area (Å²) in [6, 6.07) is 25.5. The molecule has 5 rings (SSSR count). The zero-order valence-corrected chi connectivity index (χ0v) is 18.6. The Kier molecular flexibility index (Phi) is 5.27. The average molecular weight is 446 g/mol. The zero-order valence-electron chi connectivity index (χ0n) is 18.6. The number of amides is 1. The number of allylic oxidation sites excluding steroid dienone is 1. The number of nitrogens with two attached hydrogens (primary N) is 1. The Balaban J connectivity index is 1.69. The number of benzene rings is 3. The van der Waals surface area contributed by atoms with Gasteiger partial charge in [0.1, 0.15) is 22.8 Å². The summed E-state index contributed by atoms with van der Waals surface area (Å²) in [7, 11) is 0. The van der Waals surface area contributed by atoms with Crippen LogP contribution < -0.4 is 15.4 Å². The first-order chi connectivity index (χ1) is 16.6. The Morgan fingerprint density at radius 1 is 1.03 bits per heavy atom. The molecule has 5 heteroatoms. The highest BCUT2D eigenvalue weighted by Gasteiger charge is 2.59. The van der Waals surface area contributed by atoms with Crippen LogP contribution in [0, 0.1) is 11.3 Å². The van der Waals surface area contributed by atoms with Crippen LogP contribution in [0.3, 0.4) is 0 Å². The number of fused-ring (bicyclic) bond motifs is 4. The molecule has 1 unspecified atom stereocenters.